The van der Waals surface area contributed by atoms with E-state index in [1.165, 1.54) is 4.90 Å². The zero-order valence-corrected chi connectivity index (χ0v) is 12.8. The molecule has 1 heterocycles. The molecule has 0 atom stereocenters. The fourth-order valence-corrected chi connectivity index (χ4v) is 2.93. The number of nitrogens with two attached hydrogens (primary N) is 1. The van der Waals surface area contributed by atoms with Gasteiger partial charge in [-0.25, -0.2) is 8.78 Å². The number of carbonyl (C=O) groups is 2. The lowest BCUT2D eigenvalue weighted by molar-refractivity contribution is -0.119. The van der Waals surface area contributed by atoms with E-state index in [-0.39, 0.29) is 22.7 Å². The largest absolute Gasteiger partial charge is 0.370 e. The van der Waals surface area contributed by atoms with Crippen molar-refractivity contribution >= 4 is 27.7 Å². The van der Waals surface area contributed by atoms with Gasteiger partial charge in [0.25, 0.3) is 5.91 Å². The predicted molar refractivity (Wildman–Crippen MR) is 76.5 cm³/mol. The van der Waals surface area contributed by atoms with Gasteiger partial charge in [-0.3, -0.25) is 9.59 Å². The van der Waals surface area contributed by atoms with E-state index in [1.54, 1.807) is 0 Å². The van der Waals surface area contributed by atoms with E-state index in [0.717, 1.165) is 12.1 Å². The number of carbonyl (C=O) groups excluding carboxylic acids is 2. The van der Waals surface area contributed by atoms with Gasteiger partial charge >= 0.3 is 0 Å². The number of primary amides is 1. The third-order valence-corrected chi connectivity index (χ3v) is 4.07. The van der Waals surface area contributed by atoms with Crippen molar-refractivity contribution in [3.8, 4) is 0 Å². The molecule has 2 rings (SSSR count). The van der Waals surface area contributed by atoms with Crippen molar-refractivity contribution in [3.05, 3.63) is 33.8 Å². The van der Waals surface area contributed by atoms with Crippen LogP contribution in [0.15, 0.2) is 16.6 Å². The monoisotopic (exact) mass is 360 g/mol. The lowest BCUT2D eigenvalue weighted by Gasteiger charge is -2.31. The molecule has 2 amide bonds. The highest BCUT2D eigenvalue weighted by atomic mass is 79.9. The standard InChI is InChI=1S/C14H15BrF2N2O2/c15-9-6-10(16)13(11(17)7-9)14(21)19-3-1-8(2-4-19)5-12(18)20/h6-8H,1-5H2,(H2,18,20). The van der Waals surface area contributed by atoms with Crippen LogP contribution in [0.25, 0.3) is 0 Å². The van der Waals surface area contributed by atoms with Crippen LogP contribution in [0.2, 0.25) is 0 Å². The first-order valence-electron chi connectivity index (χ1n) is 6.60. The minimum absolute atomic E-state index is 0.131. The lowest BCUT2D eigenvalue weighted by Crippen LogP contribution is -2.40. The molecule has 0 spiro atoms. The van der Waals surface area contributed by atoms with Gasteiger partial charge in [-0.15, -0.1) is 0 Å². The number of likely N-dealkylation sites (tertiary alicyclic amines) is 1. The molecule has 1 saturated heterocycles. The molecule has 1 aliphatic rings. The van der Waals surface area contributed by atoms with Gasteiger partial charge in [0.2, 0.25) is 5.91 Å². The number of piperidine rings is 1. The fraction of sp³-hybridized carbons (Fsp3) is 0.429. The molecule has 4 nitrogen and oxygen atoms in total. The summed E-state index contributed by atoms with van der Waals surface area (Å²) in [5.74, 6) is -2.66. The van der Waals surface area contributed by atoms with Gasteiger partial charge in [0, 0.05) is 24.0 Å². The zero-order chi connectivity index (χ0) is 15.6. The Morgan fingerprint density at radius 3 is 2.24 bits per heavy atom. The molecule has 1 aromatic rings. The third kappa shape index (κ3) is 3.78. The van der Waals surface area contributed by atoms with Crippen molar-refractivity contribution in [2.45, 2.75) is 19.3 Å². The smallest absolute Gasteiger partial charge is 0.259 e. The maximum atomic E-state index is 13.8. The van der Waals surface area contributed by atoms with Crippen molar-refractivity contribution < 1.29 is 18.4 Å². The summed E-state index contributed by atoms with van der Waals surface area (Å²) in [5.41, 5.74) is 4.60. The summed E-state index contributed by atoms with van der Waals surface area (Å²) < 4.78 is 27.8. The fourth-order valence-electron chi connectivity index (χ4n) is 2.53. The first-order valence-corrected chi connectivity index (χ1v) is 7.40. The number of benzene rings is 1. The molecule has 2 N–H and O–H groups in total. The first-order chi connectivity index (χ1) is 9.88. The molecular weight excluding hydrogens is 346 g/mol. The molecule has 0 saturated carbocycles. The second-order valence-corrected chi connectivity index (χ2v) is 6.07. The van der Waals surface area contributed by atoms with Gasteiger partial charge in [-0.05, 0) is 30.9 Å². The summed E-state index contributed by atoms with van der Waals surface area (Å²) in [6.45, 7) is 0.734. The minimum Gasteiger partial charge on any atom is -0.370 e. The molecule has 114 valence electrons. The van der Waals surface area contributed by atoms with Crippen LogP contribution in [0.1, 0.15) is 29.6 Å². The molecule has 1 fully saturated rings. The summed E-state index contributed by atoms with van der Waals surface area (Å²) in [6, 6.07) is 2.13. The minimum atomic E-state index is -0.883. The Morgan fingerprint density at radius 2 is 1.76 bits per heavy atom. The molecule has 0 unspecified atom stereocenters. The molecule has 1 aliphatic heterocycles. The van der Waals surface area contributed by atoms with Crippen molar-refractivity contribution in [1.82, 2.24) is 4.90 Å². The molecule has 0 radical (unpaired) electrons. The number of hydrogen-bond donors (Lipinski definition) is 1. The number of amides is 2. The summed E-state index contributed by atoms with van der Waals surface area (Å²) in [5, 5.41) is 0. The number of halogens is 3. The SMILES string of the molecule is NC(=O)CC1CCN(C(=O)c2c(F)cc(Br)cc2F)CC1. The Kier molecular flexibility index (Phi) is 4.92. The van der Waals surface area contributed by atoms with Crippen molar-refractivity contribution in [1.29, 1.82) is 0 Å². The van der Waals surface area contributed by atoms with Crippen LogP contribution < -0.4 is 5.73 Å². The van der Waals surface area contributed by atoms with Crippen LogP contribution in [0.3, 0.4) is 0 Å². The van der Waals surface area contributed by atoms with Gasteiger partial charge in [0.1, 0.15) is 17.2 Å². The summed E-state index contributed by atoms with van der Waals surface area (Å²) in [7, 11) is 0. The van der Waals surface area contributed by atoms with Crippen LogP contribution in [0.4, 0.5) is 8.78 Å². The third-order valence-electron chi connectivity index (χ3n) is 3.61. The zero-order valence-electron chi connectivity index (χ0n) is 11.2. The highest BCUT2D eigenvalue weighted by Gasteiger charge is 2.28. The average molecular weight is 361 g/mol. The maximum Gasteiger partial charge on any atom is 0.259 e. The molecule has 7 heteroatoms. The topological polar surface area (TPSA) is 63.4 Å². The van der Waals surface area contributed by atoms with E-state index in [9.17, 15) is 18.4 Å². The van der Waals surface area contributed by atoms with Gasteiger partial charge in [0.05, 0.1) is 0 Å². The Hall–Kier alpha value is -1.50. The number of nitrogens with zero attached hydrogens (tertiary/aromatic N) is 1. The highest BCUT2D eigenvalue weighted by molar-refractivity contribution is 9.10. The second kappa shape index (κ2) is 6.51. The Balaban J connectivity index is 2.07. The van der Waals surface area contributed by atoms with Crippen LogP contribution in [-0.4, -0.2) is 29.8 Å². The Bertz CT molecular complexity index is 549. The quantitative estimate of drug-likeness (QED) is 0.899. The van der Waals surface area contributed by atoms with Crippen molar-refractivity contribution in [2.24, 2.45) is 11.7 Å². The first kappa shape index (κ1) is 15.9. The molecule has 0 bridgehead atoms. The molecule has 1 aromatic carbocycles. The molecular formula is C14H15BrF2N2O2. The molecule has 0 aromatic heterocycles. The van der Waals surface area contributed by atoms with Crippen molar-refractivity contribution in [3.63, 3.8) is 0 Å². The van der Waals surface area contributed by atoms with Gasteiger partial charge in [0.15, 0.2) is 0 Å². The van der Waals surface area contributed by atoms with Crippen LogP contribution in [0, 0.1) is 17.6 Å². The van der Waals surface area contributed by atoms with Crippen molar-refractivity contribution in [2.75, 3.05) is 13.1 Å². The normalized spacial score (nSPS) is 16.0. The van der Waals surface area contributed by atoms with E-state index in [2.05, 4.69) is 15.9 Å². The molecule has 0 aliphatic carbocycles. The Labute approximate surface area is 129 Å². The lowest BCUT2D eigenvalue weighted by atomic mass is 9.93. The van der Waals surface area contributed by atoms with E-state index in [0.29, 0.717) is 25.9 Å². The summed E-state index contributed by atoms with van der Waals surface area (Å²) in [6.07, 6.45) is 1.49. The average Bonchev–Trinajstić information content (AvgIpc) is 2.37. The number of hydrogen-bond acceptors (Lipinski definition) is 2. The van der Waals surface area contributed by atoms with E-state index >= 15 is 0 Å². The van der Waals surface area contributed by atoms with Gasteiger partial charge in [-0.1, -0.05) is 15.9 Å². The second-order valence-electron chi connectivity index (χ2n) is 5.15. The van der Waals surface area contributed by atoms with Gasteiger partial charge < -0.3 is 10.6 Å². The summed E-state index contributed by atoms with van der Waals surface area (Å²) in [4.78, 5) is 24.5. The van der Waals surface area contributed by atoms with E-state index in [4.69, 9.17) is 5.73 Å². The van der Waals surface area contributed by atoms with Crippen LogP contribution in [0.5, 0.6) is 0 Å². The Morgan fingerprint density at radius 1 is 1.24 bits per heavy atom. The highest BCUT2D eigenvalue weighted by Crippen LogP contribution is 2.25. The predicted octanol–water partition coefficient (Wildman–Crippen LogP) is 2.45. The maximum absolute atomic E-state index is 13.8. The van der Waals surface area contributed by atoms with Crippen LogP contribution >= 0.6 is 15.9 Å². The summed E-state index contributed by atoms with van der Waals surface area (Å²) >= 11 is 2.97. The number of rotatable bonds is 3. The van der Waals surface area contributed by atoms with Crippen LogP contribution in [-0.2, 0) is 4.79 Å². The van der Waals surface area contributed by atoms with E-state index in [1.807, 2.05) is 0 Å². The molecule has 21 heavy (non-hydrogen) atoms. The van der Waals surface area contributed by atoms with Gasteiger partial charge in [-0.2, -0.15) is 0 Å². The van der Waals surface area contributed by atoms with E-state index < -0.39 is 23.1 Å².